The van der Waals surface area contributed by atoms with Gasteiger partial charge in [0.2, 0.25) is 5.91 Å². The van der Waals surface area contributed by atoms with Crippen LogP contribution in [-0.4, -0.2) is 23.6 Å². The molecule has 6 nitrogen and oxygen atoms in total. The van der Waals surface area contributed by atoms with Crippen molar-refractivity contribution in [3.8, 4) is 11.3 Å². The van der Waals surface area contributed by atoms with Crippen LogP contribution < -0.4 is 4.90 Å². The lowest BCUT2D eigenvalue weighted by molar-refractivity contribution is -0.149. The van der Waals surface area contributed by atoms with Gasteiger partial charge in [-0.2, -0.15) is 0 Å². The predicted octanol–water partition coefficient (Wildman–Crippen LogP) is 3.58. The van der Waals surface area contributed by atoms with Gasteiger partial charge in [-0.1, -0.05) is 35.5 Å². The van der Waals surface area contributed by atoms with Crippen LogP contribution >= 0.6 is 0 Å². The molecule has 4 rings (SSSR count). The fourth-order valence-corrected chi connectivity index (χ4v) is 3.12. The summed E-state index contributed by atoms with van der Waals surface area (Å²) in [7, 11) is 0. The van der Waals surface area contributed by atoms with Gasteiger partial charge in [0.1, 0.15) is 18.1 Å². The van der Waals surface area contributed by atoms with Gasteiger partial charge in [-0.25, -0.2) is 4.39 Å². The molecular formula is C21H17FN2O4. The van der Waals surface area contributed by atoms with E-state index in [0.29, 0.717) is 17.1 Å². The van der Waals surface area contributed by atoms with E-state index in [1.807, 2.05) is 30.3 Å². The van der Waals surface area contributed by atoms with Crippen LogP contribution in [0.25, 0.3) is 11.3 Å². The minimum absolute atomic E-state index is 0.0313. The summed E-state index contributed by atoms with van der Waals surface area (Å²) in [5.41, 5.74) is 1.93. The molecule has 7 heteroatoms. The van der Waals surface area contributed by atoms with Gasteiger partial charge in [0, 0.05) is 30.3 Å². The smallest absolute Gasteiger partial charge is 0.311 e. The minimum Gasteiger partial charge on any atom is -0.459 e. The summed E-state index contributed by atoms with van der Waals surface area (Å²) in [6, 6.07) is 16.8. The van der Waals surface area contributed by atoms with E-state index in [4.69, 9.17) is 9.26 Å². The molecular weight excluding hydrogens is 363 g/mol. The molecule has 0 spiro atoms. The number of ether oxygens (including phenoxy) is 1. The van der Waals surface area contributed by atoms with E-state index >= 15 is 0 Å². The molecule has 1 aromatic heterocycles. The van der Waals surface area contributed by atoms with E-state index in [-0.39, 0.29) is 31.3 Å². The van der Waals surface area contributed by atoms with Crippen molar-refractivity contribution in [2.75, 3.05) is 11.4 Å². The highest BCUT2D eigenvalue weighted by Gasteiger charge is 2.36. The van der Waals surface area contributed by atoms with Gasteiger partial charge in [-0.3, -0.25) is 9.59 Å². The molecule has 0 bridgehead atoms. The molecule has 0 saturated carbocycles. The quantitative estimate of drug-likeness (QED) is 0.633. The molecule has 0 N–H and O–H groups in total. The average molecular weight is 380 g/mol. The van der Waals surface area contributed by atoms with Gasteiger partial charge in [0.25, 0.3) is 0 Å². The van der Waals surface area contributed by atoms with Crippen molar-refractivity contribution in [1.29, 1.82) is 0 Å². The van der Waals surface area contributed by atoms with Gasteiger partial charge in [0.05, 0.1) is 5.92 Å². The van der Waals surface area contributed by atoms with E-state index in [2.05, 4.69) is 5.16 Å². The highest BCUT2D eigenvalue weighted by molar-refractivity contribution is 5.99. The van der Waals surface area contributed by atoms with Gasteiger partial charge in [-0.05, 0) is 24.3 Å². The first kappa shape index (κ1) is 17.9. The number of rotatable bonds is 5. The maximum Gasteiger partial charge on any atom is 0.311 e. The lowest BCUT2D eigenvalue weighted by Crippen LogP contribution is -2.26. The zero-order chi connectivity index (χ0) is 19.5. The molecule has 1 fully saturated rings. The number of aromatic nitrogens is 1. The Labute approximate surface area is 160 Å². The Morgan fingerprint density at radius 3 is 2.68 bits per heavy atom. The van der Waals surface area contributed by atoms with Gasteiger partial charge >= 0.3 is 5.97 Å². The summed E-state index contributed by atoms with van der Waals surface area (Å²) in [6.07, 6.45) is 0.0598. The van der Waals surface area contributed by atoms with Crippen LogP contribution in [0, 0.1) is 11.7 Å². The molecule has 1 saturated heterocycles. The summed E-state index contributed by atoms with van der Waals surface area (Å²) in [6.45, 7) is 0.174. The van der Waals surface area contributed by atoms with Crippen molar-refractivity contribution in [1.82, 2.24) is 5.16 Å². The number of halogens is 1. The molecule has 3 aromatic rings. The van der Waals surface area contributed by atoms with Crippen molar-refractivity contribution < 1.29 is 23.2 Å². The first-order valence-electron chi connectivity index (χ1n) is 8.84. The highest BCUT2D eigenvalue weighted by Crippen LogP contribution is 2.26. The summed E-state index contributed by atoms with van der Waals surface area (Å²) in [5, 5.41) is 3.91. The van der Waals surface area contributed by atoms with Crippen molar-refractivity contribution >= 4 is 17.6 Å². The largest absolute Gasteiger partial charge is 0.459 e. The number of carbonyl (C=O) groups is 2. The first-order chi connectivity index (χ1) is 13.6. The topological polar surface area (TPSA) is 72.6 Å². The zero-order valence-electron chi connectivity index (χ0n) is 14.9. The Balaban J connectivity index is 1.35. The molecule has 1 aliphatic rings. The van der Waals surface area contributed by atoms with E-state index < -0.39 is 11.9 Å². The summed E-state index contributed by atoms with van der Waals surface area (Å²) in [4.78, 5) is 26.0. The molecule has 28 heavy (non-hydrogen) atoms. The van der Waals surface area contributed by atoms with Gasteiger partial charge in [-0.15, -0.1) is 0 Å². The standard InChI is InChI=1S/C21H17FN2O4/c22-16-6-8-18(9-7-16)24-12-15(10-20(24)25)21(26)27-13-17-11-19(28-23-17)14-4-2-1-3-5-14/h1-9,11,15H,10,12-13H2. The number of nitrogens with zero attached hydrogens (tertiary/aromatic N) is 2. The van der Waals surface area contributed by atoms with Crippen molar-refractivity contribution in [3.05, 3.63) is 72.2 Å². The van der Waals surface area contributed by atoms with E-state index in [1.165, 1.54) is 29.2 Å². The second kappa shape index (κ2) is 7.64. The number of benzene rings is 2. The minimum atomic E-state index is -0.571. The second-order valence-electron chi connectivity index (χ2n) is 6.54. The Kier molecular flexibility index (Phi) is 4.89. The van der Waals surface area contributed by atoms with Crippen LogP contribution in [0.4, 0.5) is 10.1 Å². The van der Waals surface area contributed by atoms with Crippen molar-refractivity contribution in [2.24, 2.45) is 5.92 Å². The fourth-order valence-electron chi connectivity index (χ4n) is 3.12. The number of esters is 1. The second-order valence-corrected chi connectivity index (χ2v) is 6.54. The van der Waals surface area contributed by atoms with Crippen molar-refractivity contribution in [3.63, 3.8) is 0 Å². The summed E-state index contributed by atoms with van der Waals surface area (Å²) >= 11 is 0. The third kappa shape index (κ3) is 3.78. The number of anilines is 1. The third-order valence-electron chi connectivity index (χ3n) is 4.58. The third-order valence-corrected chi connectivity index (χ3v) is 4.58. The summed E-state index contributed by atoms with van der Waals surface area (Å²) in [5.74, 6) is -1.03. The maximum atomic E-state index is 13.1. The predicted molar refractivity (Wildman–Crippen MR) is 98.6 cm³/mol. The van der Waals surface area contributed by atoms with Crippen LogP contribution in [0.15, 0.2) is 65.2 Å². The Bertz CT molecular complexity index is 985. The van der Waals surface area contributed by atoms with Crippen molar-refractivity contribution in [2.45, 2.75) is 13.0 Å². The van der Waals surface area contributed by atoms with Crippen LogP contribution in [0.2, 0.25) is 0 Å². The van der Waals surface area contributed by atoms with E-state index in [9.17, 15) is 14.0 Å². The molecule has 142 valence electrons. The lowest BCUT2D eigenvalue weighted by atomic mass is 10.1. The fraction of sp³-hybridized carbons (Fsp3) is 0.190. The SMILES string of the molecule is O=C(OCc1cc(-c2ccccc2)on1)C1CC(=O)N(c2ccc(F)cc2)C1. The number of carbonyl (C=O) groups excluding carboxylic acids is 2. The van der Waals surface area contributed by atoms with Crippen LogP contribution in [0.5, 0.6) is 0 Å². The normalized spacial score (nSPS) is 16.4. The maximum absolute atomic E-state index is 13.1. The first-order valence-corrected chi connectivity index (χ1v) is 8.84. The number of amides is 1. The highest BCUT2D eigenvalue weighted by atomic mass is 19.1. The van der Waals surface area contributed by atoms with Crippen LogP contribution in [-0.2, 0) is 20.9 Å². The summed E-state index contributed by atoms with van der Waals surface area (Å²) < 4.78 is 23.6. The molecule has 2 aromatic carbocycles. The monoisotopic (exact) mass is 380 g/mol. The van der Waals surface area contributed by atoms with Crippen LogP contribution in [0.3, 0.4) is 0 Å². The Morgan fingerprint density at radius 1 is 1.18 bits per heavy atom. The van der Waals surface area contributed by atoms with E-state index in [1.54, 1.807) is 6.07 Å². The molecule has 1 amide bonds. The number of hydrogen-bond acceptors (Lipinski definition) is 5. The Morgan fingerprint density at radius 2 is 1.93 bits per heavy atom. The zero-order valence-corrected chi connectivity index (χ0v) is 14.9. The average Bonchev–Trinajstić information content (AvgIpc) is 3.34. The Hall–Kier alpha value is -3.48. The van der Waals surface area contributed by atoms with Gasteiger partial charge in [0.15, 0.2) is 5.76 Å². The molecule has 0 aliphatic carbocycles. The lowest BCUT2D eigenvalue weighted by Gasteiger charge is -2.16. The molecule has 2 heterocycles. The molecule has 1 atom stereocenters. The molecule has 0 radical (unpaired) electrons. The number of hydrogen-bond donors (Lipinski definition) is 0. The van der Waals surface area contributed by atoms with E-state index in [0.717, 1.165) is 5.56 Å². The van der Waals surface area contributed by atoms with Crippen LogP contribution in [0.1, 0.15) is 12.1 Å². The molecule has 1 unspecified atom stereocenters. The van der Waals surface area contributed by atoms with Gasteiger partial charge < -0.3 is 14.2 Å². The molecule has 1 aliphatic heterocycles.